The molecule has 1 rings (SSSR count). The van der Waals surface area contributed by atoms with Crippen molar-refractivity contribution in [3.05, 3.63) is 28.8 Å². The minimum Gasteiger partial charge on any atom is -0.496 e. The number of carbonyl (C=O) groups is 1. The molecule has 0 aliphatic carbocycles. The number of carbonyl (C=O) groups excluding carboxylic acids is 1. The minimum atomic E-state index is 0.0682. The van der Waals surface area contributed by atoms with Crippen LogP contribution in [0.3, 0.4) is 0 Å². The largest absolute Gasteiger partial charge is 0.496 e. The molecule has 0 saturated heterocycles. The van der Waals surface area contributed by atoms with Crippen LogP contribution in [0.15, 0.2) is 18.2 Å². The summed E-state index contributed by atoms with van der Waals surface area (Å²) in [5.74, 6) is 1.19. The van der Waals surface area contributed by atoms with Crippen LogP contribution in [-0.4, -0.2) is 18.8 Å². The van der Waals surface area contributed by atoms with Gasteiger partial charge in [-0.2, -0.15) is 0 Å². The Hall–Kier alpha value is -0.730. The molecule has 0 unspecified atom stereocenters. The van der Waals surface area contributed by atoms with Crippen molar-refractivity contribution in [3.8, 4) is 5.75 Å². The van der Waals surface area contributed by atoms with Crippen LogP contribution >= 0.6 is 23.2 Å². The third-order valence-corrected chi connectivity index (χ3v) is 2.75. The summed E-state index contributed by atoms with van der Waals surface area (Å²) in [6.45, 7) is 0. The van der Waals surface area contributed by atoms with Crippen molar-refractivity contribution in [2.24, 2.45) is 0 Å². The predicted molar refractivity (Wildman–Crippen MR) is 66.9 cm³/mol. The standard InChI is InChI=1S/C12H14Cl2O2/c1-16-12-8-9(14)5-6-10(12)11(15)4-2-3-7-13/h5-6,8H,2-4,7H2,1H3. The van der Waals surface area contributed by atoms with Crippen molar-refractivity contribution < 1.29 is 9.53 Å². The summed E-state index contributed by atoms with van der Waals surface area (Å²) in [7, 11) is 1.53. The highest BCUT2D eigenvalue weighted by Gasteiger charge is 2.11. The second-order valence-corrected chi connectivity index (χ2v) is 4.23. The molecule has 0 N–H and O–H groups in total. The third kappa shape index (κ3) is 3.69. The van der Waals surface area contributed by atoms with Crippen molar-refractivity contribution in [1.29, 1.82) is 0 Å². The van der Waals surface area contributed by atoms with Gasteiger partial charge in [0.05, 0.1) is 12.7 Å². The monoisotopic (exact) mass is 260 g/mol. The molecule has 1 aromatic carbocycles. The summed E-state index contributed by atoms with van der Waals surface area (Å²) in [6, 6.07) is 5.04. The Bertz CT molecular complexity index is 364. The second-order valence-electron chi connectivity index (χ2n) is 3.41. The topological polar surface area (TPSA) is 26.3 Å². The summed E-state index contributed by atoms with van der Waals surface area (Å²) in [6.07, 6.45) is 2.14. The molecule has 0 radical (unpaired) electrons. The van der Waals surface area contributed by atoms with Crippen LogP contribution in [0, 0.1) is 0 Å². The summed E-state index contributed by atoms with van der Waals surface area (Å²) in [4.78, 5) is 11.8. The molecule has 4 heteroatoms. The first-order valence-electron chi connectivity index (χ1n) is 5.11. The van der Waals surface area contributed by atoms with E-state index in [0.717, 1.165) is 12.8 Å². The second kappa shape index (κ2) is 6.77. The Kier molecular flexibility index (Phi) is 5.64. The SMILES string of the molecule is COc1cc(Cl)ccc1C(=O)CCCCCl. The Morgan fingerprint density at radius 2 is 2.12 bits per heavy atom. The van der Waals surface area contributed by atoms with Crippen LogP contribution in [0.2, 0.25) is 5.02 Å². The average molecular weight is 261 g/mol. The first-order valence-corrected chi connectivity index (χ1v) is 6.03. The van der Waals surface area contributed by atoms with Gasteiger partial charge in [0, 0.05) is 17.3 Å². The van der Waals surface area contributed by atoms with Crippen molar-refractivity contribution in [2.75, 3.05) is 13.0 Å². The Morgan fingerprint density at radius 1 is 1.38 bits per heavy atom. The Labute approximate surface area is 106 Å². The highest BCUT2D eigenvalue weighted by Crippen LogP contribution is 2.24. The van der Waals surface area contributed by atoms with Crippen LogP contribution in [0.1, 0.15) is 29.6 Å². The maximum absolute atomic E-state index is 11.8. The van der Waals surface area contributed by atoms with Crippen LogP contribution < -0.4 is 4.74 Å². The molecule has 0 bridgehead atoms. The number of ether oxygens (including phenoxy) is 1. The van der Waals surface area contributed by atoms with E-state index in [9.17, 15) is 4.79 Å². The lowest BCUT2D eigenvalue weighted by Crippen LogP contribution is -2.02. The molecule has 0 aromatic heterocycles. The molecule has 0 atom stereocenters. The Balaban J connectivity index is 2.74. The number of alkyl halides is 1. The smallest absolute Gasteiger partial charge is 0.166 e. The van der Waals surface area contributed by atoms with Gasteiger partial charge in [0.25, 0.3) is 0 Å². The van der Waals surface area contributed by atoms with E-state index >= 15 is 0 Å². The van der Waals surface area contributed by atoms with Gasteiger partial charge in [-0.1, -0.05) is 11.6 Å². The molecule has 88 valence electrons. The van der Waals surface area contributed by atoms with Crippen LogP contribution in [0.25, 0.3) is 0 Å². The van der Waals surface area contributed by atoms with E-state index in [0.29, 0.717) is 28.6 Å². The van der Waals surface area contributed by atoms with Crippen molar-refractivity contribution in [2.45, 2.75) is 19.3 Å². The first kappa shape index (κ1) is 13.3. The average Bonchev–Trinajstić information content (AvgIpc) is 2.29. The maximum Gasteiger partial charge on any atom is 0.166 e. The zero-order chi connectivity index (χ0) is 12.0. The molecule has 0 amide bonds. The maximum atomic E-state index is 11.8. The molecule has 0 heterocycles. The fraction of sp³-hybridized carbons (Fsp3) is 0.417. The number of rotatable bonds is 6. The van der Waals surface area contributed by atoms with Crippen molar-refractivity contribution in [1.82, 2.24) is 0 Å². The summed E-state index contributed by atoms with van der Waals surface area (Å²) in [5, 5.41) is 0.564. The first-order chi connectivity index (χ1) is 7.69. The number of hydrogen-bond acceptors (Lipinski definition) is 2. The van der Waals surface area contributed by atoms with E-state index in [1.54, 1.807) is 18.2 Å². The van der Waals surface area contributed by atoms with E-state index in [1.165, 1.54) is 7.11 Å². The molecule has 0 spiro atoms. The molecule has 16 heavy (non-hydrogen) atoms. The number of hydrogen-bond donors (Lipinski definition) is 0. The molecule has 0 saturated carbocycles. The zero-order valence-corrected chi connectivity index (χ0v) is 10.6. The minimum absolute atomic E-state index is 0.0682. The normalized spacial score (nSPS) is 10.2. The van der Waals surface area contributed by atoms with E-state index in [-0.39, 0.29) is 5.78 Å². The number of Topliss-reactive ketones (excluding diaryl/α,β-unsaturated/α-hetero) is 1. The van der Waals surface area contributed by atoms with E-state index in [4.69, 9.17) is 27.9 Å². The lowest BCUT2D eigenvalue weighted by atomic mass is 10.0. The van der Waals surface area contributed by atoms with Crippen LogP contribution in [0.4, 0.5) is 0 Å². The summed E-state index contributed by atoms with van der Waals surface area (Å²) >= 11 is 11.4. The predicted octanol–water partition coefficient (Wildman–Crippen LogP) is 3.94. The fourth-order valence-corrected chi connectivity index (χ4v) is 1.76. The number of benzene rings is 1. The highest BCUT2D eigenvalue weighted by molar-refractivity contribution is 6.30. The van der Waals surface area contributed by atoms with Crippen LogP contribution in [0.5, 0.6) is 5.75 Å². The number of unbranched alkanes of at least 4 members (excludes halogenated alkanes) is 1. The highest BCUT2D eigenvalue weighted by atomic mass is 35.5. The van der Waals surface area contributed by atoms with E-state index in [1.807, 2.05) is 0 Å². The molecule has 2 nitrogen and oxygen atoms in total. The molecule has 0 fully saturated rings. The molecular weight excluding hydrogens is 247 g/mol. The Morgan fingerprint density at radius 3 is 2.75 bits per heavy atom. The van der Waals surface area contributed by atoms with E-state index in [2.05, 4.69) is 0 Å². The molecular formula is C12H14Cl2O2. The van der Waals surface area contributed by atoms with Gasteiger partial charge in [-0.15, -0.1) is 11.6 Å². The lowest BCUT2D eigenvalue weighted by molar-refractivity contribution is 0.0977. The summed E-state index contributed by atoms with van der Waals surface area (Å²) in [5.41, 5.74) is 0.585. The van der Waals surface area contributed by atoms with Gasteiger partial charge < -0.3 is 4.74 Å². The van der Waals surface area contributed by atoms with Gasteiger partial charge in [0.1, 0.15) is 5.75 Å². The molecule has 0 aliphatic heterocycles. The zero-order valence-electron chi connectivity index (χ0n) is 9.13. The number of methoxy groups -OCH3 is 1. The van der Waals surface area contributed by atoms with Crippen molar-refractivity contribution in [3.63, 3.8) is 0 Å². The van der Waals surface area contributed by atoms with Gasteiger partial charge in [0.15, 0.2) is 5.78 Å². The van der Waals surface area contributed by atoms with Gasteiger partial charge in [-0.05, 0) is 31.0 Å². The summed E-state index contributed by atoms with van der Waals surface area (Å²) < 4.78 is 5.12. The molecule has 1 aromatic rings. The van der Waals surface area contributed by atoms with Gasteiger partial charge in [0.2, 0.25) is 0 Å². The number of halogens is 2. The van der Waals surface area contributed by atoms with Crippen molar-refractivity contribution >= 4 is 29.0 Å². The molecule has 0 aliphatic rings. The lowest BCUT2D eigenvalue weighted by Gasteiger charge is -2.07. The van der Waals surface area contributed by atoms with Crippen LogP contribution in [-0.2, 0) is 0 Å². The van der Waals surface area contributed by atoms with Gasteiger partial charge in [-0.25, -0.2) is 0 Å². The van der Waals surface area contributed by atoms with Gasteiger partial charge in [-0.3, -0.25) is 4.79 Å². The number of ketones is 1. The quantitative estimate of drug-likeness (QED) is 0.440. The van der Waals surface area contributed by atoms with E-state index < -0.39 is 0 Å². The van der Waals surface area contributed by atoms with Gasteiger partial charge >= 0.3 is 0 Å². The fourth-order valence-electron chi connectivity index (χ4n) is 1.41. The third-order valence-electron chi connectivity index (χ3n) is 2.25.